The van der Waals surface area contributed by atoms with Crippen LogP contribution >= 0.6 is 15.9 Å². The Morgan fingerprint density at radius 3 is 1.88 bits per heavy atom. The van der Waals surface area contributed by atoms with E-state index in [9.17, 15) is 5.11 Å². The van der Waals surface area contributed by atoms with Crippen LogP contribution in [0, 0.1) is 5.92 Å². The maximum atomic E-state index is 12.4. The molecule has 0 saturated carbocycles. The number of nitrogens with zero attached hydrogens (tertiary/aromatic N) is 1. The molecule has 0 amide bonds. The predicted molar refractivity (Wildman–Crippen MR) is 171 cm³/mol. The molecule has 4 aromatic carbocycles. The molecule has 2 atom stereocenters. The molecule has 0 radical (unpaired) electrons. The SMILES string of the molecule is CC(C)(C)[Si](OCC1CN(Cc2ccccc2)CCC1(O)c1ccc(Br)cc1)(c1ccccc1)c1ccccc1. The number of hydrogen-bond acceptors (Lipinski definition) is 3. The second-order valence-corrected chi connectivity index (χ2v) is 17.3. The molecule has 1 aliphatic rings. The number of piperidine rings is 1. The van der Waals surface area contributed by atoms with Crippen molar-refractivity contribution >= 4 is 34.6 Å². The van der Waals surface area contributed by atoms with Gasteiger partial charge in [-0.3, -0.25) is 4.90 Å². The quantitative estimate of drug-likeness (QED) is 0.223. The molecule has 3 nitrogen and oxygen atoms in total. The molecule has 1 N–H and O–H groups in total. The number of aliphatic hydroxyl groups is 1. The number of halogens is 1. The average molecular weight is 615 g/mol. The smallest absolute Gasteiger partial charge is 0.261 e. The van der Waals surface area contributed by atoms with Crippen LogP contribution in [0.1, 0.15) is 38.3 Å². The first-order valence-corrected chi connectivity index (χ1v) is 16.9. The standard InChI is InChI=1S/C35H40BrNO2Si/c1-34(2,3)40(32-15-9-5-10-16-32,33-17-11-6-12-18-33)39-27-30-26-37(25-28-13-7-4-8-14-28)24-23-35(30,38)29-19-21-31(36)22-20-29/h4-22,30,38H,23-27H2,1-3H3. The maximum Gasteiger partial charge on any atom is 0.261 e. The van der Waals surface area contributed by atoms with Gasteiger partial charge in [-0.15, -0.1) is 0 Å². The lowest BCUT2D eigenvalue weighted by atomic mass is 9.76. The first-order valence-electron chi connectivity index (χ1n) is 14.2. The highest BCUT2D eigenvalue weighted by molar-refractivity contribution is 9.10. The third-order valence-corrected chi connectivity index (χ3v) is 14.0. The fraction of sp³-hybridized carbons (Fsp3) is 0.314. The summed E-state index contributed by atoms with van der Waals surface area (Å²) in [5.41, 5.74) is 1.29. The molecule has 0 aliphatic carbocycles. The topological polar surface area (TPSA) is 32.7 Å². The normalized spacial score (nSPS) is 20.4. The van der Waals surface area contributed by atoms with Crippen molar-refractivity contribution in [2.24, 2.45) is 5.92 Å². The fourth-order valence-electron chi connectivity index (χ4n) is 6.37. The first kappa shape index (κ1) is 29.0. The molecule has 0 aromatic heterocycles. The monoisotopic (exact) mass is 613 g/mol. The van der Waals surface area contributed by atoms with Crippen molar-refractivity contribution in [1.82, 2.24) is 4.90 Å². The highest BCUT2D eigenvalue weighted by Crippen LogP contribution is 2.42. The Morgan fingerprint density at radius 1 is 0.825 bits per heavy atom. The molecule has 5 rings (SSSR count). The van der Waals surface area contributed by atoms with Crippen molar-refractivity contribution < 1.29 is 9.53 Å². The van der Waals surface area contributed by atoms with Crippen LogP contribution in [0.15, 0.2) is 120 Å². The highest BCUT2D eigenvalue weighted by Gasteiger charge is 2.52. The lowest BCUT2D eigenvalue weighted by Gasteiger charge is -2.48. The van der Waals surface area contributed by atoms with E-state index < -0.39 is 13.9 Å². The van der Waals surface area contributed by atoms with Crippen LogP contribution in [0.4, 0.5) is 0 Å². The number of benzene rings is 4. The molecule has 1 aliphatic heterocycles. The Morgan fingerprint density at radius 2 is 1.35 bits per heavy atom. The zero-order chi connectivity index (χ0) is 28.2. The summed E-state index contributed by atoms with van der Waals surface area (Å²) in [6.07, 6.45) is 0.663. The minimum absolute atomic E-state index is 0.0900. The van der Waals surface area contributed by atoms with Gasteiger partial charge in [0.15, 0.2) is 0 Å². The van der Waals surface area contributed by atoms with Crippen molar-refractivity contribution in [3.05, 3.63) is 131 Å². The second-order valence-electron chi connectivity index (χ2n) is 12.1. The van der Waals surface area contributed by atoms with Crippen molar-refractivity contribution in [2.75, 3.05) is 19.7 Å². The van der Waals surface area contributed by atoms with E-state index in [0.717, 1.165) is 29.7 Å². The van der Waals surface area contributed by atoms with Gasteiger partial charge in [0.05, 0.1) is 5.60 Å². The molecule has 1 fully saturated rings. The molecular formula is C35H40BrNO2Si. The van der Waals surface area contributed by atoms with Crippen LogP contribution in [-0.2, 0) is 16.6 Å². The summed E-state index contributed by atoms with van der Waals surface area (Å²) in [6.45, 7) is 9.86. The van der Waals surface area contributed by atoms with E-state index in [4.69, 9.17) is 4.43 Å². The third kappa shape index (κ3) is 5.90. The summed E-state index contributed by atoms with van der Waals surface area (Å²) >= 11 is 3.57. The van der Waals surface area contributed by atoms with E-state index in [1.54, 1.807) is 0 Å². The second kappa shape index (κ2) is 12.1. The summed E-state index contributed by atoms with van der Waals surface area (Å²) in [4.78, 5) is 2.47. The largest absolute Gasteiger partial charge is 0.407 e. The maximum absolute atomic E-state index is 12.4. The first-order chi connectivity index (χ1) is 19.2. The molecule has 1 saturated heterocycles. The van der Waals surface area contributed by atoms with Crippen LogP contribution < -0.4 is 10.4 Å². The van der Waals surface area contributed by atoms with Gasteiger partial charge in [-0.1, -0.05) is 140 Å². The fourth-order valence-corrected chi connectivity index (χ4v) is 11.2. The third-order valence-electron chi connectivity index (χ3n) is 8.47. The van der Waals surface area contributed by atoms with E-state index >= 15 is 0 Å². The minimum Gasteiger partial charge on any atom is -0.407 e. The molecule has 1 heterocycles. The van der Waals surface area contributed by atoms with E-state index in [-0.39, 0.29) is 11.0 Å². The summed E-state index contributed by atoms with van der Waals surface area (Å²) in [6, 6.07) is 40.4. The van der Waals surface area contributed by atoms with Crippen LogP contribution in [-0.4, -0.2) is 38.0 Å². The lowest BCUT2D eigenvalue weighted by molar-refractivity contribution is -0.0939. The van der Waals surface area contributed by atoms with Crippen molar-refractivity contribution in [3.63, 3.8) is 0 Å². The van der Waals surface area contributed by atoms with Crippen molar-refractivity contribution in [2.45, 2.75) is 44.4 Å². The summed E-state index contributed by atoms with van der Waals surface area (Å²) in [5, 5.41) is 14.8. The van der Waals surface area contributed by atoms with Gasteiger partial charge in [0.25, 0.3) is 8.32 Å². The molecule has 0 bridgehead atoms. The van der Waals surface area contributed by atoms with Gasteiger partial charge in [-0.2, -0.15) is 0 Å². The van der Waals surface area contributed by atoms with Crippen LogP contribution in [0.25, 0.3) is 0 Å². The molecule has 5 heteroatoms. The molecule has 2 unspecified atom stereocenters. The molecule has 0 spiro atoms. The van der Waals surface area contributed by atoms with Gasteiger partial charge >= 0.3 is 0 Å². The van der Waals surface area contributed by atoms with Crippen LogP contribution in [0.3, 0.4) is 0 Å². The Hall–Kier alpha value is -2.54. The van der Waals surface area contributed by atoms with E-state index in [1.165, 1.54) is 15.9 Å². The van der Waals surface area contributed by atoms with E-state index in [1.807, 2.05) is 12.1 Å². The molecule has 40 heavy (non-hydrogen) atoms. The van der Waals surface area contributed by atoms with Gasteiger partial charge in [-0.05, 0) is 45.1 Å². The Kier molecular flexibility index (Phi) is 8.79. The van der Waals surface area contributed by atoms with Gasteiger partial charge in [0.1, 0.15) is 0 Å². The zero-order valence-corrected chi connectivity index (χ0v) is 26.3. The van der Waals surface area contributed by atoms with Crippen molar-refractivity contribution in [1.29, 1.82) is 0 Å². The highest BCUT2D eigenvalue weighted by atomic mass is 79.9. The lowest BCUT2D eigenvalue weighted by Crippen LogP contribution is -2.67. The number of hydrogen-bond donors (Lipinski definition) is 1. The number of rotatable bonds is 8. The Balaban J connectivity index is 1.53. The summed E-state index contributed by atoms with van der Waals surface area (Å²) < 4.78 is 8.40. The summed E-state index contributed by atoms with van der Waals surface area (Å²) in [7, 11) is -2.74. The average Bonchev–Trinajstić information content (AvgIpc) is 2.96. The van der Waals surface area contributed by atoms with Gasteiger partial charge in [0.2, 0.25) is 0 Å². The van der Waals surface area contributed by atoms with E-state index in [0.29, 0.717) is 13.0 Å². The van der Waals surface area contributed by atoms with Gasteiger partial charge < -0.3 is 9.53 Å². The Labute approximate surface area is 249 Å². The predicted octanol–water partition coefficient (Wildman–Crippen LogP) is 6.74. The van der Waals surface area contributed by atoms with Crippen LogP contribution in [0.2, 0.25) is 5.04 Å². The zero-order valence-electron chi connectivity index (χ0n) is 23.8. The minimum atomic E-state index is -2.74. The van der Waals surface area contributed by atoms with E-state index in [2.05, 4.69) is 145 Å². The summed E-state index contributed by atoms with van der Waals surface area (Å²) in [5.74, 6) is -0.0900. The number of likely N-dealkylation sites (tertiary alicyclic amines) is 1. The van der Waals surface area contributed by atoms with Gasteiger partial charge in [0, 0.05) is 36.6 Å². The molecule has 4 aromatic rings. The van der Waals surface area contributed by atoms with Gasteiger partial charge in [-0.25, -0.2) is 0 Å². The Bertz CT molecular complexity index is 1320. The van der Waals surface area contributed by atoms with Crippen LogP contribution in [0.5, 0.6) is 0 Å². The molecule has 208 valence electrons. The van der Waals surface area contributed by atoms with Crippen molar-refractivity contribution in [3.8, 4) is 0 Å². The molecular weight excluding hydrogens is 574 g/mol.